The fraction of sp³-hybridized carbons (Fsp3) is 0.364. The summed E-state index contributed by atoms with van der Waals surface area (Å²) in [7, 11) is 5.55. The third-order valence-electron chi connectivity index (χ3n) is 8.54. The molecule has 230 valence electrons. The highest BCUT2D eigenvalue weighted by molar-refractivity contribution is 6.39. The normalized spacial score (nSPS) is 16.1. The molecule has 6 rings (SSSR count). The number of fused-ring (bicyclic) bond motifs is 1. The lowest BCUT2D eigenvalue weighted by Crippen LogP contribution is -2.35. The number of halogens is 2. The van der Waals surface area contributed by atoms with E-state index in [0.29, 0.717) is 51.8 Å². The van der Waals surface area contributed by atoms with Gasteiger partial charge < -0.3 is 24.6 Å². The summed E-state index contributed by atoms with van der Waals surface area (Å²) >= 11 is 13.9. The van der Waals surface area contributed by atoms with Gasteiger partial charge >= 0.3 is 0 Å². The molecule has 0 atom stereocenters. The Morgan fingerprint density at radius 1 is 0.977 bits per heavy atom. The highest BCUT2D eigenvalue weighted by Crippen LogP contribution is 2.41. The van der Waals surface area contributed by atoms with Crippen molar-refractivity contribution < 1.29 is 14.6 Å². The lowest BCUT2D eigenvalue weighted by molar-refractivity contribution is 0.0788. The number of anilines is 1. The van der Waals surface area contributed by atoms with Crippen molar-refractivity contribution >= 4 is 34.8 Å². The zero-order chi connectivity index (χ0) is 31.0. The summed E-state index contributed by atoms with van der Waals surface area (Å²) in [6.45, 7) is 4.01. The average molecular weight is 636 g/mol. The number of nitrogens with one attached hydrogen (secondary N) is 1. The van der Waals surface area contributed by atoms with Crippen LogP contribution in [0.2, 0.25) is 10.0 Å². The molecule has 0 spiro atoms. The van der Waals surface area contributed by atoms with Gasteiger partial charge in [0.15, 0.2) is 5.82 Å². The van der Waals surface area contributed by atoms with E-state index in [1.807, 2.05) is 61.1 Å². The molecular formula is C33H36Cl2N6O3. The molecule has 44 heavy (non-hydrogen) atoms. The highest BCUT2D eigenvalue weighted by Gasteiger charge is 2.25. The van der Waals surface area contributed by atoms with Crippen molar-refractivity contribution in [1.82, 2.24) is 24.3 Å². The van der Waals surface area contributed by atoms with Gasteiger partial charge in [-0.05, 0) is 32.0 Å². The van der Waals surface area contributed by atoms with Gasteiger partial charge in [-0.25, -0.2) is 9.97 Å². The van der Waals surface area contributed by atoms with E-state index in [9.17, 15) is 9.90 Å². The predicted molar refractivity (Wildman–Crippen MR) is 173 cm³/mol. The Kier molecular flexibility index (Phi) is 8.94. The number of methoxy groups -OCH3 is 1. The Balaban J connectivity index is 1.26. The van der Waals surface area contributed by atoms with Crippen molar-refractivity contribution in [2.45, 2.75) is 38.5 Å². The van der Waals surface area contributed by atoms with E-state index in [2.05, 4.69) is 20.1 Å². The predicted octanol–water partition coefficient (Wildman–Crippen LogP) is 5.66. The van der Waals surface area contributed by atoms with Gasteiger partial charge in [0.05, 0.1) is 40.3 Å². The Labute approximate surface area is 267 Å². The van der Waals surface area contributed by atoms with Crippen LogP contribution in [0.5, 0.6) is 5.88 Å². The number of ether oxygens (including phenoxy) is 1. The third-order valence-corrected chi connectivity index (χ3v) is 9.36. The number of aromatic nitrogens is 3. The fourth-order valence-corrected chi connectivity index (χ4v) is 6.65. The summed E-state index contributed by atoms with van der Waals surface area (Å²) in [5, 5.41) is 13.7. The molecule has 0 unspecified atom stereocenters. The molecular weight excluding hydrogens is 599 g/mol. The van der Waals surface area contributed by atoms with E-state index in [-0.39, 0.29) is 12.0 Å². The van der Waals surface area contributed by atoms with Crippen LogP contribution in [0, 0.1) is 0 Å². The number of aliphatic hydroxyl groups excluding tert-OH is 1. The first-order valence-electron chi connectivity index (χ1n) is 14.8. The number of carbonyl (C=O) groups is 1. The number of imidazole rings is 1. The summed E-state index contributed by atoms with van der Waals surface area (Å²) in [5.74, 6) is 0.578. The molecule has 2 N–H and O–H groups in total. The van der Waals surface area contributed by atoms with Crippen molar-refractivity contribution in [3.05, 3.63) is 81.4 Å². The van der Waals surface area contributed by atoms with E-state index < -0.39 is 0 Å². The minimum Gasteiger partial charge on any atom is -0.481 e. The summed E-state index contributed by atoms with van der Waals surface area (Å²) in [4.78, 5) is 27.3. The number of aliphatic hydroxyl groups is 1. The molecule has 2 aliphatic heterocycles. The second-order valence-corrected chi connectivity index (χ2v) is 12.3. The second-order valence-electron chi connectivity index (χ2n) is 11.5. The number of carbonyl (C=O) groups excluding carboxylic acids is 1. The number of pyridine rings is 1. The fourth-order valence-electron chi connectivity index (χ4n) is 6.05. The molecule has 1 amide bonds. The largest absolute Gasteiger partial charge is 0.481 e. The smallest absolute Gasteiger partial charge is 0.291 e. The van der Waals surface area contributed by atoms with Gasteiger partial charge in [0.25, 0.3) is 5.91 Å². The monoisotopic (exact) mass is 634 g/mol. The molecule has 0 aliphatic carbocycles. The lowest BCUT2D eigenvalue weighted by atomic mass is 10.00. The summed E-state index contributed by atoms with van der Waals surface area (Å²) in [5.41, 5.74) is 6.29. The summed E-state index contributed by atoms with van der Waals surface area (Å²) in [6.07, 6.45) is 2.17. The molecule has 0 bridgehead atoms. The van der Waals surface area contributed by atoms with Crippen molar-refractivity contribution in [3.63, 3.8) is 0 Å². The van der Waals surface area contributed by atoms with Crippen LogP contribution in [-0.4, -0.2) is 75.2 Å². The molecule has 2 aliphatic rings. The number of nitrogens with zero attached hydrogens (tertiary/aromatic N) is 5. The van der Waals surface area contributed by atoms with Gasteiger partial charge in [0.2, 0.25) is 5.88 Å². The standard InChI is InChI=1S/C33H36Cl2N6O3/c1-39-15-14-28-27(19-39)36-31(40(28)2)32(43)37-26-9-5-7-23(30(26)35)22-6-4-8-24(29(22)34)25-11-10-20(33(38-25)44-3)18-41-16-12-21(42)13-17-41/h4-11,21,42H,12-19H2,1-3H3,(H,37,43). The van der Waals surface area contributed by atoms with Crippen molar-refractivity contribution in [1.29, 1.82) is 0 Å². The zero-order valence-electron chi connectivity index (χ0n) is 25.1. The maximum atomic E-state index is 13.3. The van der Waals surface area contributed by atoms with Crippen LogP contribution < -0.4 is 10.1 Å². The maximum absolute atomic E-state index is 13.3. The van der Waals surface area contributed by atoms with Crippen molar-refractivity contribution in [2.24, 2.45) is 7.05 Å². The van der Waals surface area contributed by atoms with Crippen LogP contribution in [0.15, 0.2) is 48.5 Å². The molecule has 4 aromatic rings. The number of amides is 1. The SMILES string of the molecule is COc1nc(-c2cccc(-c3cccc(NC(=O)c4nc5c(n4C)CCN(C)C5)c3Cl)c2Cl)ccc1CN1CCC(O)CC1. The van der Waals surface area contributed by atoms with Gasteiger partial charge in [0.1, 0.15) is 0 Å². The number of likely N-dealkylation sites (tertiary alicyclic amines) is 1. The molecule has 9 nitrogen and oxygen atoms in total. The molecule has 4 heterocycles. The highest BCUT2D eigenvalue weighted by atomic mass is 35.5. The number of rotatable bonds is 7. The molecule has 1 fully saturated rings. The quantitative estimate of drug-likeness (QED) is 0.271. The number of likely N-dealkylation sites (N-methyl/N-ethyl adjacent to an activating group) is 1. The maximum Gasteiger partial charge on any atom is 0.291 e. The second kappa shape index (κ2) is 12.9. The van der Waals surface area contributed by atoms with Gasteiger partial charge in [-0.15, -0.1) is 0 Å². The zero-order valence-corrected chi connectivity index (χ0v) is 26.6. The molecule has 1 saturated heterocycles. The van der Waals surface area contributed by atoms with Gasteiger partial charge in [-0.1, -0.05) is 59.6 Å². The van der Waals surface area contributed by atoms with Crippen molar-refractivity contribution in [2.75, 3.05) is 39.1 Å². The molecule has 11 heteroatoms. The Hall–Kier alpha value is -3.47. The van der Waals surface area contributed by atoms with Gasteiger partial charge in [-0.2, -0.15) is 0 Å². The van der Waals surface area contributed by atoms with Crippen LogP contribution >= 0.6 is 23.2 Å². The lowest BCUT2D eigenvalue weighted by Gasteiger charge is -2.29. The van der Waals surface area contributed by atoms with Crippen LogP contribution in [0.4, 0.5) is 5.69 Å². The van der Waals surface area contributed by atoms with Gasteiger partial charge in [0, 0.05) is 74.1 Å². The number of hydrogen-bond acceptors (Lipinski definition) is 7. The van der Waals surface area contributed by atoms with Crippen LogP contribution in [0.3, 0.4) is 0 Å². The first-order valence-corrected chi connectivity index (χ1v) is 15.6. The molecule has 0 radical (unpaired) electrons. The van der Waals surface area contributed by atoms with E-state index in [1.165, 1.54) is 0 Å². The minimum absolute atomic E-state index is 0.220. The first-order chi connectivity index (χ1) is 21.2. The van der Waals surface area contributed by atoms with E-state index in [4.69, 9.17) is 32.9 Å². The van der Waals surface area contributed by atoms with E-state index in [1.54, 1.807) is 13.2 Å². The topological polar surface area (TPSA) is 95.7 Å². The number of benzene rings is 2. The molecule has 2 aromatic carbocycles. The summed E-state index contributed by atoms with van der Waals surface area (Å²) < 4.78 is 7.55. The van der Waals surface area contributed by atoms with E-state index in [0.717, 1.165) is 67.0 Å². The molecule has 2 aromatic heterocycles. The van der Waals surface area contributed by atoms with Crippen LogP contribution in [0.1, 0.15) is 40.4 Å². The van der Waals surface area contributed by atoms with Crippen LogP contribution in [-0.2, 0) is 26.6 Å². The van der Waals surface area contributed by atoms with E-state index >= 15 is 0 Å². The first kappa shape index (κ1) is 30.6. The Bertz CT molecular complexity index is 1700. The van der Waals surface area contributed by atoms with Crippen LogP contribution in [0.25, 0.3) is 22.4 Å². The Morgan fingerprint density at radius 2 is 1.68 bits per heavy atom. The minimum atomic E-state index is -0.319. The van der Waals surface area contributed by atoms with Gasteiger partial charge in [-0.3, -0.25) is 9.69 Å². The number of piperidine rings is 1. The Morgan fingerprint density at radius 3 is 2.43 bits per heavy atom. The third kappa shape index (κ3) is 6.07. The molecule has 0 saturated carbocycles. The van der Waals surface area contributed by atoms with Crippen molar-refractivity contribution in [3.8, 4) is 28.3 Å². The number of hydrogen-bond donors (Lipinski definition) is 2. The summed E-state index contributed by atoms with van der Waals surface area (Å²) in [6, 6.07) is 15.2. The average Bonchev–Trinajstić information content (AvgIpc) is 3.35.